The van der Waals surface area contributed by atoms with Crippen molar-refractivity contribution in [3.05, 3.63) is 53.6 Å². The minimum atomic E-state index is -0.390. The maximum Gasteiger partial charge on any atom is 0.319 e. The largest absolute Gasteiger partial charge is 0.358 e. The quantitative estimate of drug-likeness (QED) is 0.692. The van der Waals surface area contributed by atoms with Crippen LogP contribution < -0.4 is 16.0 Å². The molecule has 0 spiro atoms. The Morgan fingerprint density at radius 3 is 2.64 bits per heavy atom. The maximum atomic E-state index is 11.7. The second-order valence-electron chi connectivity index (χ2n) is 5.19. The highest BCUT2D eigenvalue weighted by Gasteiger charge is 2.18. The van der Waals surface area contributed by atoms with E-state index in [9.17, 15) is 9.59 Å². The van der Waals surface area contributed by atoms with E-state index >= 15 is 0 Å². The van der Waals surface area contributed by atoms with Crippen LogP contribution in [0.5, 0.6) is 0 Å². The Balaban J connectivity index is 1.69. The topological polar surface area (TPSA) is 70.2 Å². The van der Waals surface area contributed by atoms with E-state index < -0.39 is 0 Å². The fraction of sp³-hybridized carbons (Fsp3) is 0.176. The van der Waals surface area contributed by atoms with Crippen molar-refractivity contribution in [3.8, 4) is 11.1 Å². The predicted molar refractivity (Wildman–Crippen MR) is 85.8 cm³/mol. The van der Waals surface area contributed by atoms with Crippen LogP contribution in [0.1, 0.15) is 11.1 Å². The number of rotatable bonds is 3. The molecular formula is C17H17N3O2. The molecule has 0 unspecified atom stereocenters. The molecular weight excluding hydrogens is 278 g/mol. The highest BCUT2D eigenvalue weighted by molar-refractivity contribution is 5.93. The van der Waals surface area contributed by atoms with Gasteiger partial charge < -0.3 is 16.0 Å². The first-order chi connectivity index (χ1) is 10.7. The molecule has 5 heteroatoms. The van der Waals surface area contributed by atoms with Gasteiger partial charge in [0.05, 0.1) is 6.54 Å². The second-order valence-corrected chi connectivity index (χ2v) is 5.19. The van der Waals surface area contributed by atoms with Crippen LogP contribution in [0, 0.1) is 0 Å². The molecule has 0 fully saturated rings. The van der Waals surface area contributed by atoms with E-state index in [0.717, 1.165) is 12.1 Å². The Kier molecular flexibility index (Phi) is 3.78. The summed E-state index contributed by atoms with van der Waals surface area (Å²) in [5, 5.41) is 7.70. The first-order valence-corrected chi connectivity index (χ1v) is 7.14. The van der Waals surface area contributed by atoms with Gasteiger partial charge in [0, 0.05) is 12.7 Å². The van der Waals surface area contributed by atoms with Crippen molar-refractivity contribution in [1.29, 1.82) is 0 Å². The van der Waals surface area contributed by atoms with E-state index in [-0.39, 0.29) is 18.5 Å². The average Bonchev–Trinajstić information content (AvgIpc) is 2.90. The molecule has 3 rings (SSSR count). The Morgan fingerprint density at radius 1 is 1.05 bits per heavy atom. The number of anilines is 1. The van der Waals surface area contributed by atoms with Gasteiger partial charge in [0.15, 0.2) is 0 Å². The molecule has 112 valence electrons. The van der Waals surface area contributed by atoms with E-state index in [0.29, 0.717) is 0 Å². The molecule has 2 aromatic carbocycles. The van der Waals surface area contributed by atoms with Gasteiger partial charge in [-0.25, -0.2) is 4.79 Å². The number of fused-ring (bicyclic) bond motifs is 3. The van der Waals surface area contributed by atoms with Crippen molar-refractivity contribution in [3.63, 3.8) is 0 Å². The molecule has 0 aliphatic heterocycles. The molecule has 3 N–H and O–H groups in total. The van der Waals surface area contributed by atoms with Crippen molar-refractivity contribution < 1.29 is 9.59 Å². The van der Waals surface area contributed by atoms with Crippen molar-refractivity contribution in [1.82, 2.24) is 10.6 Å². The van der Waals surface area contributed by atoms with Crippen LogP contribution in [-0.4, -0.2) is 25.5 Å². The fourth-order valence-electron chi connectivity index (χ4n) is 2.65. The number of carbonyl (C=O) groups excluding carboxylic acids is 2. The van der Waals surface area contributed by atoms with Gasteiger partial charge in [0.1, 0.15) is 0 Å². The molecule has 0 saturated carbocycles. The highest BCUT2D eigenvalue weighted by Crippen LogP contribution is 2.37. The van der Waals surface area contributed by atoms with E-state index in [1.807, 2.05) is 30.3 Å². The lowest BCUT2D eigenvalue weighted by Gasteiger charge is -2.09. The summed E-state index contributed by atoms with van der Waals surface area (Å²) < 4.78 is 0. The van der Waals surface area contributed by atoms with Crippen LogP contribution in [0.25, 0.3) is 11.1 Å². The van der Waals surface area contributed by atoms with Gasteiger partial charge >= 0.3 is 6.03 Å². The average molecular weight is 295 g/mol. The summed E-state index contributed by atoms with van der Waals surface area (Å²) in [4.78, 5) is 22.8. The van der Waals surface area contributed by atoms with Crippen molar-refractivity contribution in [2.45, 2.75) is 6.42 Å². The molecule has 2 aromatic rings. The van der Waals surface area contributed by atoms with Crippen LogP contribution in [0.4, 0.5) is 10.5 Å². The lowest BCUT2D eigenvalue weighted by Crippen LogP contribution is -2.37. The zero-order valence-corrected chi connectivity index (χ0v) is 12.3. The van der Waals surface area contributed by atoms with Gasteiger partial charge in [0.2, 0.25) is 5.91 Å². The maximum absolute atomic E-state index is 11.7. The zero-order chi connectivity index (χ0) is 15.5. The third kappa shape index (κ3) is 2.79. The van der Waals surface area contributed by atoms with Crippen molar-refractivity contribution in [2.24, 2.45) is 0 Å². The van der Waals surface area contributed by atoms with Crippen LogP contribution in [0.15, 0.2) is 42.5 Å². The molecule has 0 radical (unpaired) electrons. The number of benzene rings is 2. The van der Waals surface area contributed by atoms with Gasteiger partial charge in [-0.15, -0.1) is 0 Å². The Bertz CT molecular complexity index is 740. The number of urea groups is 1. The number of hydrogen-bond donors (Lipinski definition) is 3. The van der Waals surface area contributed by atoms with Gasteiger partial charge in [-0.3, -0.25) is 4.79 Å². The van der Waals surface area contributed by atoms with Crippen LogP contribution in [0.2, 0.25) is 0 Å². The van der Waals surface area contributed by atoms with Crippen molar-refractivity contribution in [2.75, 3.05) is 18.9 Å². The monoisotopic (exact) mass is 295 g/mol. The Labute approximate surface area is 128 Å². The summed E-state index contributed by atoms with van der Waals surface area (Å²) in [5.74, 6) is -0.237. The van der Waals surface area contributed by atoms with Crippen molar-refractivity contribution >= 4 is 17.6 Å². The standard InChI is InChI=1S/C17H17N3O2/c1-18-16(21)10-19-17(22)20-13-6-7-15-12(9-13)8-11-4-2-3-5-14(11)15/h2-7,9H,8,10H2,1H3,(H,18,21)(H2,19,20,22). The molecule has 0 heterocycles. The molecule has 5 nitrogen and oxygen atoms in total. The van der Waals surface area contributed by atoms with E-state index in [2.05, 4.69) is 28.1 Å². The van der Waals surface area contributed by atoms with Gasteiger partial charge in [-0.05, 0) is 40.8 Å². The third-order valence-corrected chi connectivity index (χ3v) is 3.74. The highest BCUT2D eigenvalue weighted by atomic mass is 16.2. The van der Waals surface area contributed by atoms with Crippen LogP contribution >= 0.6 is 0 Å². The number of nitrogens with one attached hydrogen (secondary N) is 3. The molecule has 1 aliphatic carbocycles. The summed E-state index contributed by atoms with van der Waals surface area (Å²) in [5.41, 5.74) is 5.70. The van der Waals surface area contributed by atoms with E-state index in [1.54, 1.807) is 0 Å². The Hall–Kier alpha value is -2.82. The molecule has 0 saturated heterocycles. The molecule has 22 heavy (non-hydrogen) atoms. The summed E-state index contributed by atoms with van der Waals surface area (Å²) >= 11 is 0. The van der Waals surface area contributed by atoms with Crippen LogP contribution in [0.3, 0.4) is 0 Å². The zero-order valence-electron chi connectivity index (χ0n) is 12.3. The lowest BCUT2D eigenvalue weighted by atomic mass is 10.1. The van der Waals surface area contributed by atoms with E-state index in [1.165, 1.54) is 29.3 Å². The minimum Gasteiger partial charge on any atom is -0.358 e. The molecule has 0 atom stereocenters. The number of carbonyl (C=O) groups is 2. The van der Waals surface area contributed by atoms with Gasteiger partial charge in [-0.1, -0.05) is 30.3 Å². The number of amides is 3. The summed E-state index contributed by atoms with van der Waals surface area (Å²) in [6, 6.07) is 13.8. The minimum absolute atomic E-state index is 0.0429. The normalized spacial score (nSPS) is 11.3. The molecule has 0 bridgehead atoms. The fourth-order valence-corrected chi connectivity index (χ4v) is 2.65. The van der Waals surface area contributed by atoms with Gasteiger partial charge in [-0.2, -0.15) is 0 Å². The van der Waals surface area contributed by atoms with E-state index in [4.69, 9.17) is 0 Å². The van der Waals surface area contributed by atoms with Gasteiger partial charge in [0.25, 0.3) is 0 Å². The first kappa shape index (κ1) is 14.1. The smallest absolute Gasteiger partial charge is 0.319 e. The molecule has 3 amide bonds. The number of hydrogen-bond acceptors (Lipinski definition) is 2. The summed E-state index contributed by atoms with van der Waals surface area (Å²) in [6.45, 7) is -0.0429. The lowest BCUT2D eigenvalue weighted by molar-refractivity contribution is -0.119. The molecule has 0 aromatic heterocycles. The molecule has 1 aliphatic rings. The van der Waals surface area contributed by atoms with Crippen LogP contribution in [-0.2, 0) is 11.2 Å². The Morgan fingerprint density at radius 2 is 1.82 bits per heavy atom. The predicted octanol–water partition coefficient (Wildman–Crippen LogP) is 2.13. The first-order valence-electron chi connectivity index (χ1n) is 7.14. The summed E-state index contributed by atoms with van der Waals surface area (Å²) in [6.07, 6.45) is 0.876. The second kappa shape index (κ2) is 5.89. The SMILES string of the molecule is CNC(=O)CNC(=O)Nc1ccc2c(c1)Cc1ccccc1-2. The number of likely N-dealkylation sites (N-methyl/N-ethyl adjacent to an activating group) is 1. The third-order valence-electron chi connectivity index (χ3n) is 3.74. The summed E-state index contributed by atoms with van der Waals surface area (Å²) in [7, 11) is 1.53.